The maximum absolute atomic E-state index is 13.0. The second-order valence-corrected chi connectivity index (χ2v) is 7.24. The summed E-state index contributed by atoms with van der Waals surface area (Å²) < 4.78 is 20.8. The summed E-state index contributed by atoms with van der Waals surface area (Å²) in [6.07, 6.45) is 5.71. The van der Waals surface area contributed by atoms with E-state index in [1.807, 2.05) is 21.8 Å². The van der Waals surface area contributed by atoms with Crippen molar-refractivity contribution in [1.29, 1.82) is 0 Å². The van der Waals surface area contributed by atoms with Gasteiger partial charge in [-0.05, 0) is 49.7 Å². The number of aromatic nitrogens is 2. The van der Waals surface area contributed by atoms with E-state index in [1.54, 1.807) is 12.1 Å². The number of halogens is 2. The van der Waals surface area contributed by atoms with Gasteiger partial charge in [-0.3, -0.25) is 9.48 Å². The number of hydrogen-bond donors (Lipinski definition) is 1. The number of piperidine rings is 2. The summed E-state index contributed by atoms with van der Waals surface area (Å²) in [5.41, 5.74) is 0.512. The zero-order valence-electron chi connectivity index (χ0n) is 15.7. The number of carbonyl (C=O) groups is 1. The molecule has 6 nitrogen and oxygen atoms in total. The number of nitrogens with one attached hydrogen (secondary N) is 1. The lowest BCUT2D eigenvalue weighted by atomic mass is 10.1. The van der Waals surface area contributed by atoms with Crippen molar-refractivity contribution in [3.05, 3.63) is 48.0 Å². The highest BCUT2D eigenvalue weighted by molar-refractivity contribution is 5.92. The van der Waals surface area contributed by atoms with E-state index in [4.69, 9.17) is 4.74 Å². The third-order valence-electron chi connectivity index (χ3n) is 5.32. The van der Waals surface area contributed by atoms with E-state index < -0.39 is 0 Å². The Hall–Kier alpha value is -2.12. The average Bonchev–Trinajstić information content (AvgIpc) is 3.21. The quantitative estimate of drug-likeness (QED) is 0.844. The number of amides is 1. The normalized spacial score (nSPS) is 20.5. The standard InChI is InChI=1S/C20H25FN4O2.ClH/c21-15-3-5-17(6-4-15)27-18-7-11-24(12-8-18)20(26)19-9-13-25(23-19)16-2-1-10-22-14-16;/h3-6,9,13,16,18,22H,1-2,7-8,10-12,14H2;1H. The van der Waals surface area contributed by atoms with Crippen LogP contribution in [0.3, 0.4) is 0 Å². The van der Waals surface area contributed by atoms with Gasteiger partial charge in [0.2, 0.25) is 0 Å². The van der Waals surface area contributed by atoms with Crippen molar-refractivity contribution in [2.45, 2.75) is 37.8 Å². The topological polar surface area (TPSA) is 59.4 Å². The van der Waals surface area contributed by atoms with E-state index in [0.717, 1.165) is 38.8 Å². The Labute approximate surface area is 170 Å². The molecule has 3 heterocycles. The van der Waals surface area contributed by atoms with Crippen LogP contribution in [0.25, 0.3) is 0 Å². The van der Waals surface area contributed by atoms with Gasteiger partial charge in [-0.25, -0.2) is 4.39 Å². The summed E-state index contributed by atoms with van der Waals surface area (Å²) in [7, 11) is 0. The molecule has 1 N–H and O–H groups in total. The highest BCUT2D eigenvalue weighted by atomic mass is 35.5. The molecule has 1 amide bonds. The minimum absolute atomic E-state index is 0. The van der Waals surface area contributed by atoms with Crippen molar-refractivity contribution < 1.29 is 13.9 Å². The molecule has 28 heavy (non-hydrogen) atoms. The Balaban J connectivity index is 0.00000225. The lowest BCUT2D eigenvalue weighted by Gasteiger charge is -2.31. The average molecular weight is 409 g/mol. The first kappa shape index (κ1) is 20.6. The van der Waals surface area contributed by atoms with Gasteiger partial charge in [0.15, 0.2) is 0 Å². The van der Waals surface area contributed by atoms with E-state index in [9.17, 15) is 9.18 Å². The largest absolute Gasteiger partial charge is 0.490 e. The van der Waals surface area contributed by atoms with E-state index in [-0.39, 0.29) is 30.2 Å². The number of likely N-dealkylation sites (tertiary alicyclic amines) is 1. The molecule has 2 aliphatic heterocycles. The molecule has 2 saturated heterocycles. The van der Waals surface area contributed by atoms with Gasteiger partial charge in [0.25, 0.3) is 5.91 Å². The van der Waals surface area contributed by atoms with Gasteiger partial charge in [0.1, 0.15) is 23.4 Å². The predicted octanol–water partition coefficient (Wildman–Crippen LogP) is 3.05. The van der Waals surface area contributed by atoms with Crippen LogP contribution in [0.1, 0.15) is 42.2 Å². The number of rotatable bonds is 4. The van der Waals surface area contributed by atoms with Gasteiger partial charge in [-0.15, -0.1) is 12.4 Å². The first-order chi connectivity index (χ1) is 13.2. The fraction of sp³-hybridized carbons (Fsp3) is 0.500. The molecule has 1 aromatic heterocycles. The SMILES string of the molecule is Cl.O=C(c1ccn(C2CCCNC2)n1)N1CCC(Oc2ccc(F)cc2)CC1. The molecule has 0 aliphatic carbocycles. The van der Waals surface area contributed by atoms with E-state index in [2.05, 4.69) is 10.4 Å². The molecule has 1 atom stereocenters. The maximum Gasteiger partial charge on any atom is 0.274 e. The van der Waals surface area contributed by atoms with Gasteiger partial charge in [-0.2, -0.15) is 5.10 Å². The number of hydrogen-bond acceptors (Lipinski definition) is 4. The molecule has 152 valence electrons. The molecule has 0 saturated carbocycles. The van der Waals surface area contributed by atoms with Gasteiger partial charge < -0.3 is 15.0 Å². The predicted molar refractivity (Wildman–Crippen MR) is 107 cm³/mol. The molecule has 4 rings (SSSR count). The van der Waals surface area contributed by atoms with Crippen molar-refractivity contribution in [2.75, 3.05) is 26.2 Å². The summed E-state index contributed by atoms with van der Waals surface area (Å²) in [6, 6.07) is 8.21. The summed E-state index contributed by atoms with van der Waals surface area (Å²) in [5.74, 6) is 0.380. The van der Waals surface area contributed by atoms with Crippen molar-refractivity contribution in [2.24, 2.45) is 0 Å². The van der Waals surface area contributed by atoms with Crippen molar-refractivity contribution >= 4 is 18.3 Å². The van der Waals surface area contributed by atoms with Crippen LogP contribution < -0.4 is 10.1 Å². The number of nitrogens with zero attached hydrogens (tertiary/aromatic N) is 3. The zero-order valence-corrected chi connectivity index (χ0v) is 16.5. The van der Waals surface area contributed by atoms with Gasteiger partial charge in [-0.1, -0.05) is 0 Å². The van der Waals surface area contributed by atoms with Crippen molar-refractivity contribution in [1.82, 2.24) is 20.0 Å². The molecular formula is C20H26ClFN4O2. The third-order valence-corrected chi connectivity index (χ3v) is 5.32. The lowest BCUT2D eigenvalue weighted by Crippen LogP contribution is -2.42. The summed E-state index contributed by atoms with van der Waals surface area (Å²) >= 11 is 0. The van der Waals surface area contributed by atoms with E-state index in [0.29, 0.717) is 30.6 Å². The molecule has 2 fully saturated rings. The van der Waals surface area contributed by atoms with Crippen LogP contribution in [0.2, 0.25) is 0 Å². The molecule has 2 aromatic rings. The van der Waals surface area contributed by atoms with Crippen molar-refractivity contribution in [3.63, 3.8) is 0 Å². The number of benzene rings is 1. The molecule has 0 bridgehead atoms. The summed E-state index contributed by atoms with van der Waals surface area (Å²) in [6.45, 7) is 3.24. The van der Waals surface area contributed by atoms with Crippen LogP contribution in [0.15, 0.2) is 36.5 Å². The summed E-state index contributed by atoms with van der Waals surface area (Å²) in [5, 5.41) is 7.89. The first-order valence-electron chi connectivity index (χ1n) is 9.66. The minimum Gasteiger partial charge on any atom is -0.490 e. The Morgan fingerprint density at radius 2 is 1.89 bits per heavy atom. The van der Waals surface area contributed by atoms with Gasteiger partial charge in [0.05, 0.1) is 6.04 Å². The maximum atomic E-state index is 13.0. The molecule has 2 aliphatic rings. The molecular weight excluding hydrogens is 383 g/mol. The highest BCUT2D eigenvalue weighted by Crippen LogP contribution is 2.21. The second-order valence-electron chi connectivity index (χ2n) is 7.24. The van der Waals surface area contributed by atoms with E-state index >= 15 is 0 Å². The first-order valence-corrected chi connectivity index (χ1v) is 9.66. The van der Waals surface area contributed by atoms with Crippen molar-refractivity contribution in [3.8, 4) is 5.75 Å². The molecule has 0 spiro atoms. The van der Waals surface area contributed by atoms with Gasteiger partial charge >= 0.3 is 0 Å². The monoisotopic (exact) mass is 408 g/mol. The van der Waals surface area contributed by atoms with E-state index in [1.165, 1.54) is 12.1 Å². The van der Waals surface area contributed by atoms with Crippen LogP contribution >= 0.6 is 12.4 Å². The molecule has 8 heteroatoms. The Morgan fingerprint density at radius 1 is 1.14 bits per heavy atom. The molecule has 0 radical (unpaired) electrons. The fourth-order valence-electron chi connectivity index (χ4n) is 3.76. The Kier molecular flexibility index (Phi) is 6.91. The van der Waals surface area contributed by atoms with Crippen LogP contribution in [-0.4, -0.2) is 52.9 Å². The highest BCUT2D eigenvalue weighted by Gasteiger charge is 2.26. The lowest BCUT2D eigenvalue weighted by molar-refractivity contribution is 0.0588. The smallest absolute Gasteiger partial charge is 0.274 e. The Bertz CT molecular complexity index is 769. The molecule has 1 aromatic carbocycles. The van der Waals surface area contributed by atoms with Crippen LogP contribution in [0, 0.1) is 5.82 Å². The molecule has 1 unspecified atom stereocenters. The second kappa shape index (κ2) is 9.39. The Morgan fingerprint density at radius 3 is 2.57 bits per heavy atom. The van der Waals surface area contributed by atoms with Crippen LogP contribution in [0.4, 0.5) is 4.39 Å². The third kappa shape index (κ3) is 4.83. The van der Waals surface area contributed by atoms with Crippen LogP contribution in [0.5, 0.6) is 5.75 Å². The van der Waals surface area contributed by atoms with Gasteiger partial charge in [0, 0.05) is 38.7 Å². The zero-order chi connectivity index (χ0) is 18.6. The fourth-order valence-corrected chi connectivity index (χ4v) is 3.76. The minimum atomic E-state index is -0.272. The summed E-state index contributed by atoms with van der Waals surface area (Å²) in [4.78, 5) is 14.6. The number of ether oxygens (including phenoxy) is 1. The van der Waals surface area contributed by atoms with Crippen LogP contribution in [-0.2, 0) is 0 Å². The number of carbonyl (C=O) groups excluding carboxylic acids is 1.